The first kappa shape index (κ1) is 13.2. The van der Waals surface area contributed by atoms with Crippen molar-refractivity contribution in [2.24, 2.45) is 0 Å². The number of hydrogen-bond donors (Lipinski definition) is 2. The van der Waals surface area contributed by atoms with Crippen molar-refractivity contribution >= 4 is 29.3 Å². The van der Waals surface area contributed by atoms with Crippen LogP contribution >= 0.6 is 11.8 Å². The monoisotopic (exact) mass is 276 g/mol. The Kier molecular flexibility index (Phi) is 4.25. The summed E-state index contributed by atoms with van der Waals surface area (Å²) < 4.78 is 4.89. The molecule has 5 nitrogen and oxygen atoms in total. The molecule has 0 unspecified atom stereocenters. The number of hydrogen-bond acceptors (Lipinski definition) is 5. The number of carbonyl (C=O) groups is 2. The highest BCUT2D eigenvalue weighted by Gasteiger charge is 2.12. The lowest BCUT2D eigenvalue weighted by atomic mass is 10.3. The number of rotatable bonds is 4. The molecule has 1 heterocycles. The summed E-state index contributed by atoms with van der Waals surface area (Å²) in [4.78, 5) is 24.0. The molecule has 0 saturated heterocycles. The lowest BCUT2D eigenvalue weighted by molar-refractivity contribution is -0.117. The molecule has 0 spiro atoms. The average Bonchev–Trinajstić information content (AvgIpc) is 2.90. The summed E-state index contributed by atoms with van der Waals surface area (Å²) in [6.07, 6.45) is 1.38. The zero-order chi connectivity index (χ0) is 13.7. The second kappa shape index (κ2) is 6.10. The fourth-order valence-corrected chi connectivity index (χ4v) is 2.15. The molecule has 0 radical (unpaired) electrons. The molecule has 98 valence electrons. The second-order valence-electron chi connectivity index (χ2n) is 3.72. The number of imide groups is 1. The maximum Gasteiger partial charge on any atom is 0.293 e. The summed E-state index contributed by atoms with van der Waals surface area (Å²) in [6, 6.07) is 10.3. The molecule has 0 bridgehead atoms. The molecule has 0 aliphatic carbocycles. The van der Waals surface area contributed by atoms with Crippen molar-refractivity contribution in [3.8, 4) is 0 Å². The largest absolute Gasteiger partial charge is 0.459 e. The Morgan fingerprint density at radius 1 is 1.26 bits per heavy atom. The van der Waals surface area contributed by atoms with Gasteiger partial charge >= 0.3 is 0 Å². The second-order valence-corrected chi connectivity index (χ2v) is 4.76. The Hall–Kier alpha value is -2.21. The number of nitrogens with one attached hydrogen (secondary N) is 1. The van der Waals surface area contributed by atoms with Gasteiger partial charge in [-0.2, -0.15) is 0 Å². The van der Waals surface area contributed by atoms with Crippen LogP contribution in [0.1, 0.15) is 10.6 Å². The summed E-state index contributed by atoms with van der Waals surface area (Å²) in [5.41, 5.74) is 6.27. The highest BCUT2D eigenvalue weighted by atomic mass is 32.2. The number of nitrogens with two attached hydrogens (primary N) is 1. The summed E-state index contributed by atoms with van der Waals surface area (Å²) in [6.45, 7) is 0. The third kappa shape index (κ3) is 3.89. The van der Waals surface area contributed by atoms with Gasteiger partial charge in [0.1, 0.15) is 0 Å². The van der Waals surface area contributed by atoms with E-state index in [0.29, 0.717) is 5.69 Å². The normalized spacial score (nSPS) is 10.1. The van der Waals surface area contributed by atoms with Crippen LogP contribution in [0.25, 0.3) is 0 Å². The first-order valence-corrected chi connectivity index (χ1v) is 6.50. The smallest absolute Gasteiger partial charge is 0.293 e. The van der Waals surface area contributed by atoms with Gasteiger partial charge < -0.3 is 10.2 Å². The summed E-state index contributed by atoms with van der Waals surface area (Å²) in [5, 5.41) is 2.24. The third-order valence-corrected chi connectivity index (χ3v) is 3.22. The van der Waals surface area contributed by atoms with Crippen molar-refractivity contribution in [2.75, 3.05) is 11.5 Å². The Morgan fingerprint density at radius 2 is 2.11 bits per heavy atom. The van der Waals surface area contributed by atoms with Gasteiger partial charge in [0, 0.05) is 10.6 Å². The quantitative estimate of drug-likeness (QED) is 0.658. The van der Waals surface area contributed by atoms with Crippen LogP contribution in [0, 0.1) is 0 Å². The molecule has 2 amide bonds. The Bertz CT molecular complexity index is 581. The molecular weight excluding hydrogens is 264 g/mol. The van der Waals surface area contributed by atoms with Gasteiger partial charge in [0.05, 0.1) is 12.0 Å². The van der Waals surface area contributed by atoms with E-state index in [2.05, 4.69) is 5.32 Å². The van der Waals surface area contributed by atoms with Gasteiger partial charge in [-0.3, -0.25) is 14.9 Å². The topological polar surface area (TPSA) is 85.3 Å². The Morgan fingerprint density at radius 3 is 2.79 bits per heavy atom. The minimum atomic E-state index is -0.539. The van der Waals surface area contributed by atoms with E-state index in [1.54, 1.807) is 18.2 Å². The van der Waals surface area contributed by atoms with Crippen molar-refractivity contribution in [3.63, 3.8) is 0 Å². The number of thioether (sulfide) groups is 1. The molecule has 3 N–H and O–H groups in total. The molecule has 6 heteroatoms. The van der Waals surface area contributed by atoms with Crippen LogP contribution in [0.4, 0.5) is 5.69 Å². The summed E-state index contributed by atoms with van der Waals surface area (Å²) >= 11 is 1.31. The first-order chi connectivity index (χ1) is 9.15. The predicted octanol–water partition coefficient (Wildman–Crippen LogP) is 1.91. The molecule has 1 aromatic heterocycles. The number of furan rings is 1. The maximum atomic E-state index is 11.6. The fourth-order valence-electron chi connectivity index (χ4n) is 1.39. The van der Waals surface area contributed by atoms with Crippen molar-refractivity contribution in [2.45, 2.75) is 4.90 Å². The van der Waals surface area contributed by atoms with Gasteiger partial charge in [-0.15, -0.1) is 11.8 Å². The lowest BCUT2D eigenvalue weighted by Crippen LogP contribution is -2.31. The number of anilines is 1. The molecule has 2 aromatic rings. The minimum absolute atomic E-state index is 0.113. The Balaban J connectivity index is 1.83. The minimum Gasteiger partial charge on any atom is -0.459 e. The molecule has 0 fully saturated rings. The van der Waals surface area contributed by atoms with Crippen molar-refractivity contribution in [3.05, 3.63) is 48.4 Å². The van der Waals surface area contributed by atoms with Gasteiger partial charge in [0.15, 0.2) is 5.76 Å². The van der Waals surface area contributed by atoms with Gasteiger partial charge in [-0.1, -0.05) is 6.07 Å². The van der Waals surface area contributed by atoms with Gasteiger partial charge in [-0.05, 0) is 30.3 Å². The van der Waals surface area contributed by atoms with E-state index < -0.39 is 5.91 Å². The summed E-state index contributed by atoms with van der Waals surface area (Å²) in [5.74, 6) is -0.671. The molecule has 2 rings (SSSR count). The van der Waals surface area contributed by atoms with Gasteiger partial charge in [-0.25, -0.2) is 0 Å². The van der Waals surface area contributed by atoms with Crippen LogP contribution in [0.3, 0.4) is 0 Å². The zero-order valence-electron chi connectivity index (χ0n) is 9.96. The fraction of sp³-hybridized carbons (Fsp3) is 0.0769. The molecule has 1 aromatic carbocycles. The van der Waals surface area contributed by atoms with Gasteiger partial charge in [0.2, 0.25) is 5.91 Å². The molecule has 0 saturated carbocycles. The molecular formula is C13H12N2O3S. The number of amides is 2. The van der Waals surface area contributed by atoms with Crippen LogP contribution < -0.4 is 11.1 Å². The molecule has 0 aliphatic rings. The molecule has 19 heavy (non-hydrogen) atoms. The maximum absolute atomic E-state index is 11.6. The Labute approximate surface area is 114 Å². The van der Waals surface area contributed by atoms with E-state index in [-0.39, 0.29) is 17.4 Å². The predicted molar refractivity (Wildman–Crippen MR) is 72.8 cm³/mol. The van der Waals surface area contributed by atoms with Gasteiger partial charge in [0.25, 0.3) is 5.91 Å². The van der Waals surface area contributed by atoms with E-state index >= 15 is 0 Å². The van der Waals surface area contributed by atoms with E-state index in [4.69, 9.17) is 10.2 Å². The standard InChI is InChI=1S/C13H12N2O3S/c14-9-3-1-4-10(7-9)19-8-12(16)15-13(17)11-5-2-6-18-11/h1-7H,8,14H2,(H,15,16,17). The van der Waals surface area contributed by atoms with Crippen molar-refractivity contribution in [1.82, 2.24) is 5.32 Å². The number of benzene rings is 1. The first-order valence-electron chi connectivity index (χ1n) is 5.51. The zero-order valence-corrected chi connectivity index (χ0v) is 10.8. The third-order valence-electron chi connectivity index (χ3n) is 2.23. The van der Waals surface area contributed by atoms with Crippen molar-refractivity contribution < 1.29 is 14.0 Å². The van der Waals surface area contributed by atoms with Crippen LogP contribution in [-0.2, 0) is 4.79 Å². The van der Waals surface area contributed by atoms with Crippen LogP contribution in [0.5, 0.6) is 0 Å². The summed E-state index contributed by atoms with van der Waals surface area (Å²) in [7, 11) is 0. The van der Waals surface area contributed by atoms with E-state index in [9.17, 15) is 9.59 Å². The van der Waals surface area contributed by atoms with Crippen LogP contribution in [-0.4, -0.2) is 17.6 Å². The highest BCUT2D eigenvalue weighted by Crippen LogP contribution is 2.19. The number of nitrogen functional groups attached to an aromatic ring is 1. The van der Waals surface area contributed by atoms with E-state index in [1.165, 1.54) is 24.1 Å². The van der Waals surface area contributed by atoms with E-state index in [0.717, 1.165) is 4.90 Å². The van der Waals surface area contributed by atoms with Crippen LogP contribution in [0.15, 0.2) is 52.0 Å². The average molecular weight is 276 g/mol. The lowest BCUT2D eigenvalue weighted by Gasteiger charge is -2.03. The van der Waals surface area contributed by atoms with E-state index in [1.807, 2.05) is 12.1 Å². The van der Waals surface area contributed by atoms with Crippen LogP contribution in [0.2, 0.25) is 0 Å². The molecule has 0 atom stereocenters. The van der Waals surface area contributed by atoms with Crippen molar-refractivity contribution in [1.29, 1.82) is 0 Å². The number of carbonyl (C=O) groups excluding carboxylic acids is 2. The highest BCUT2D eigenvalue weighted by molar-refractivity contribution is 8.00. The SMILES string of the molecule is Nc1cccc(SCC(=O)NC(=O)c2ccco2)c1. The molecule has 0 aliphatic heterocycles.